The van der Waals surface area contributed by atoms with Gasteiger partial charge in [-0.3, -0.25) is 4.79 Å². The molecule has 0 heterocycles. The molecule has 2 aromatic rings. The van der Waals surface area contributed by atoms with Gasteiger partial charge in [0.05, 0.1) is 0 Å². The van der Waals surface area contributed by atoms with E-state index in [9.17, 15) is 9.18 Å². The van der Waals surface area contributed by atoms with Crippen LogP contribution in [0.3, 0.4) is 0 Å². The second-order valence-electron chi connectivity index (χ2n) is 6.73. The van der Waals surface area contributed by atoms with Gasteiger partial charge in [-0.2, -0.15) is 0 Å². The number of hydrogen-bond acceptors (Lipinski definition) is 2. The Kier molecular flexibility index (Phi) is 6.04. The van der Waals surface area contributed by atoms with E-state index in [2.05, 4.69) is 10.6 Å². The molecule has 0 bridgehead atoms. The molecule has 2 aromatic carbocycles. The maximum absolute atomic E-state index is 12.9. The molecule has 1 aliphatic carbocycles. The first-order valence-corrected chi connectivity index (χ1v) is 9.06. The number of anilines is 1. The van der Waals surface area contributed by atoms with Crippen molar-refractivity contribution in [3.63, 3.8) is 0 Å². The van der Waals surface area contributed by atoms with Gasteiger partial charge in [0, 0.05) is 24.7 Å². The van der Waals surface area contributed by atoms with Gasteiger partial charge in [-0.1, -0.05) is 43.5 Å². The second-order valence-corrected chi connectivity index (χ2v) is 6.73. The number of amides is 1. The molecule has 2 N–H and O–H groups in total. The van der Waals surface area contributed by atoms with Crippen LogP contribution in [-0.4, -0.2) is 5.91 Å². The number of carbonyl (C=O) groups is 1. The zero-order valence-electron chi connectivity index (χ0n) is 14.4. The molecule has 1 saturated carbocycles. The molecule has 3 nitrogen and oxygen atoms in total. The summed E-state index contributed by atoms with van der Waals surface area (Å²) in [6.45, 7) is 1.23. The number of hydrogen-bond donors (Lipinski definition) is 2. The Morgan fingerprint density at radius 2 is 1.48 bits per heavy atom. The van der Waals surface area contributed by atoms with E-state index in [0.29, 0.717) is 13.1 Å². The normalized spacial score (nSPS) is 14.9. The van der Waals surface area contributed by atoms with Crippen molar-refractivity contribution in [3.8, 4) is 0 Å². The summed E-state index contributed by atoms with van der Waals surface area (Å²) in [5, 5.41) is 6.37. The van der Waals surface area contributed by atoms with Crippen LogP contribution < -0.4 is 10.6 Å². The van der Waals surface area contributed by atoms with Crippen LogP contribution in [0.1, 0.15) is 43.2 Å². The van der Waals surface area contributed by atoms with Crippen LogP contribution >= 0.6 is 0 Å². The third-order valence-electron chi connectivity index (χ3n) is 4.81. The minimum absolute atomic E-state index is 0.193. The summed E-state index contributed by atoms with van der Waals surface area (Å²) in [7, 11) is 0. The molecular formula is C21H25FN2O. The van der Waals surface area contributed by atoms with E-state index in [4.69, 9.17) is 0 Å². The summed E-state index contributed by atoms with van der Waals surface area (Å²) in [5.41, 5.74) is 3.13. The number of nitrogens with one attached hydrogen (secondary N) is 2. The third-order valence-corrected chi connectivity index (χ3v) is 4.81. The maximum Gasteiger partial charge on any atom is 0.223 e. The molecule has 3 rings (SSSR count). The van der Waals surface area contributed by atoms with Gasteiger partial charge in [0.2, 0.25) is 5.91 Å². The minimum atomic E-state index is -0.219. The van der Waals surface area contributed by atoms with E-state index < -0.39 is 0 Å². The van der Waals surface area contributed by atoms with Gasteiger partial charge in [0.1, 0.15) is 5.82 Å². The average Bonchev–Trinajstić information content (AvgIpc) is 2.67. The largest absolute Gasteiger partial charge is 0.381 e. The number of rotatable bonds is 6. The number of carbonyl (C=O) groups excluding carboxylic acids is 1. The van der Waals surface area contributed by atoms with Gasteiger partial charge in [-0.15, -0.1) is 0 Å². The third kappa shape index (κ3) is 5.31. The van der Waals surface area contributed by atoms with E-state index in [0.717, 1.165) is 29.7 Å². The highest BCUT2D eigenvalue weighted by Crippen LogP contribution is 2.23. The Morgan fingerprint density at radius 3 is 2.16 bits per heavy atom. The smallest absolute Gasteiger partial charge is 0.223 e. The minimum Gasteiger partial charge on any atom is -0.381 e. The highest BCUT2D eigenvalue weighted by molar-refractivity contribution is 5.78. The maximum atomic E-state index is 12.9. The van der Waals surface area contributed by atoms with Crippen LogP contribution in [0, 0.1) is 11.7 Å². The molecule has 4 heteroatoms. The molecular weight excluding hydrogens is 315 g/mol. The zero-order valence-corrected chi connectivity index (χ0v) is 14.4. The molecule has 0 radical (unpaired) electrons. The Hall–Kier alpha value is -2.36. The fraction of sp³-hybridized carbons (Fsp3) is 0.381. The lowest BCUT2D eigenvalue weighted by atomic mass is 9.88. The van der Waals surface area contributed by atoms with Crippen molar-refractivity contribution in [3.05, 3.63) is 65.5 Å². The predicted octanol–water partition coefficient (Wildman–Crippen LogP) is 4.63. The lowest BCUT2D eigenvalue weighted by Crippen LogP contribution is -2.31. The molecule has 0 aromatic heterocycles. The SMILES string of the molecule is O=C(NCc1ccc(NCc2ccc(F)cc2)cc1)C1CCCCC1. The van der Waals surface area contributed by atoms with Crippen molar-refractivity contribution in [2.24, 2.45) is 5.92 Å². The summed E-state index contributed by atoms with van der Waals surface area (Å²) in [6, 6.07) is 14.5. The highest BCUT2D eigenvalue weighted by atomic mass is 19.1. The fourth-order valence-corrected chi connectivity index (χ4v) is 3.25. The molecule has 1 aliphatic rings. The molecule has 1 amide bonds. The molecule has 0 spiro atoms. The first-order chi connectivity index (χ1) is 12.2. The van der Waals surface area contributed by atoms with Gasteiger partial charge in [-0.25, -0.2) is 4.39 Å². The standard InChI is InChI=1S/C21H25FN2O/c22-19-10-6-16(7-11-19)14-23-20-12-8-17(9-13-20)15-24-21(25)18-4-2-1-3-5-18/h6-13,18,23H,1-5,14-15H2,(H,24,25). The summed E-state index contributed by atoms with van der Waals surface area (Å²) in [5.74, 6) is 0.173. The molecule has 132 valence electrons. The molecule has 0 atom stereocenters. The zero-order chi connectivity index (χ0) is 17.5. The van der Waals surface area contributed by atoms with Gasteiger partial charge in [0.15, 0.2) is 0 Å². The van der Waals surface area contributed by atoms with Crippen LogP contribution in [0.2, 0.25) is 0 Å². The lowest BCUT2D eigenvalue weighted by molar-refractivity contribution is -0.126. The summed E-state index contributed by atoms with van der Waals surface area (Å²) in [6.07, 6.45) is 5.66. The number of halogens is 1. The Labute approximate surface area is 148 Å². The molecule has 0 unspecified atom stereocenters. The van der Waals surface area contributed by atoms with Gasteiger partial charge in [0.25, 0.3) is 0 Å². The van der Waals surface area contributed by atoms with E-state index in [1.165, 1.54) is 31.4 Å². The lowest BCUT2D eigenvalue weighted by Gasteiger charge is -2.20. The summed E-state index contributed by atoms with van der Waals surface area (Å²) < 4.78 is 12.9. The highest BCUT2D eigenvalue weighted by Gasteiger charge is 2.20. The van der Waals surface area contributed by atoms with Gasteiger partial charge >= 0.3 is 0 Å². The van der Waals surface area contributed by atoms with E-state index in [1.54, 1.807) is 12.1 Å². The summed E-state index contributed by atoms with van der Waals surface area (Å²) >= 11 is 0. The average molecular weight is 340 g/mol. The van der Waals surface area contributed by atoms with E-state index in [-0.39, 0.29) is 17.6 Å². The monoisotopic (exact) mass is 340 g/mol. The predicted molar refractivity (Wildman–Crippen MR) is 98.6 cm³/mol. The van der Waals surface area contributed by atoms with Crippen LogP contribution in [0.25, 0.3) is 0 Å². The van der Waals surface area contributed by atoms with Crippen LogP contribution in [0.4, 0.5) is 10.1 Å². The van der Waals surface area contributed by atoms with Crippen LogP contribution in [0.5, 0.6) is 0 Å². The Bertz CT molecular complexity index is 676. The molecule has 1 fully saturated rings. The van der Waals surface area contributed by atoms with Crippen molar-refractivity contribution in [1.29, 1.82) is 0 Å². The van der Waals surface area contributed by atoms with Crippen molar-refractivity contribution in [1.82, 2.24) is 5.32 Å². The Morgan fingerprint density at radius 1 is 0.880 bits per heavy atom. The molecule has 0 aliphatic heterocycles. The van der Waals surface area contributed by atoms with Gasteiger partial charge < -0.3 is 10.6 Å². The van der Waals surface area contributed by atoms with E-state index in [1.807, 2.05) is 24.3 Å². The quantitative estimate of drug-likeness (QED) is 0.805. The van der Waals surface area contributed by atoms with Crippen molar-refractivity contribution >= 4 is 11.6 Å². The topological polar surface area (TPSA) is 41.1 Å². The van der Waals surface area contributed by atoms with E-state index >= 15 is 0 Å². The van der Waals surface area contributed by atoms with Crippen molar-refractivity contribution in [2.45, 2.75) is 45.2 Å². The first kappa shape index (κ1) is 17.5. The van der Waals surface area contributed by atoms with Crippen molar-refractivity contribution in [2.75, 3.05) is 5.32 Å². The Balaban J connectivity index is 1.45. The molecule has 25 heavy (non-hydrogen) atoms. The van der Waals surface area contributed by atoms with Gasteiger partial charge in [-0.05, 0) is 48.2 Å². The summed E-state index contributed by atoms with van der Waals surface area (Å²) in [4.78, 5) is 12.2. The van der Waals surface area contributed by atoms with Crippen LogP contribution in [0.15, 0.2) is 48.5 Å². The van der Waals surface area contributed by atoms with Crippen molar-refractivity contribution < 1.29 is 9.18 Å². The number of benzene rings is 2. The molecule has 0 saturated heterocycles. The van der Waals surface area contributed by atoms with Crippen LogP contribution in [-0.2, 0) is 17.9 Å². The second kappa shape index (κ2) is 8.65. The first-order valence-electron chi connectivity index (χ1n) is 9.06. The fourth-order valence-electron chi connectivity index (χ4n) is 3.25.